The Balaban J connectivity index is 1.36. The number of ether oxygens (including phenoxy) is 6. The molecule has 148 valence electrons. The normalized spacial score (nSPS) is 36.4. The highest BCUT2D eigenvalue weighted by atomic mass is 17.0. The summed E-state index contributed by atoms with van der Waals surface area (Å²) in [7, 11) is 0. The van der Waals surface area contributed by atoms with Gasteiger partial charge in [-0.15, -0.1) is 0 Å². The summed E-state index contributed by atoms with van der Waals surface area (Å²) in [4.78, 5) is 0. The molecule has 2 aromatic carbocycles. The fourth-order valence-electron chi connectivity index (χ4n) is 3.94. The molecule has 0 spiro atoms. The van der Waals surface area contributed by atoms with Crippen LogP contribution in [0.1, 0.15) is 18.1 Å². The van der Waals surface area contributed by atoms with Crippen molar-refractivity contribution >= 4 is 0 Å². The lowest BCUT2D eigenvalue weighted by Crippen LogP contribution is -2.60. The van der Waals surface area contributed by atoms with Crippen molar-refractivity contribution in [1.29, 1.82) is 0 Å². The molecule has 5 rings (SSSR count). The fourth-order valence-corrected chi connectivity index (χ4v) is 3.94. The average Bonchev–Trinajstić information content (AvgIpc) is 2.98. The van der Waals surface area contributed by atoms with Crippen LogP contribution >= 0.6 is 0 Å². The van der Waals surface area contributed by atoms with E-state index >= 15 is 0 Å². The zero-order valence-electron chi connectivity index (χ0n) is 15.7. The lowest BCUT2D eigenvalue weighted by molar-refractivity contribution is -0.340. The smallest absolute Gasteiger partial charge is 0.282 e. The van der Waals surface area contributed by atoms with E-state index in [-0.39, 0.29) is 18.3 Å². The van der Waals surface area contributed by atoms with Crippen LogP contribution in [0.3, 0.4) is 0 Å². The molecular formula is C22H24O6. The van der Waals surface area contributed by atoms with Gasteiger partial charge in [0, 0.05) is 6.92 Å². The van der Waals surface area contributed by atoms with Gasteiger partial charge in [0.15, 0.2) is 6.29 Å². The van der Waals surface area contributed by atoms with E-state index in [0.717, 1.165) is 11.1 Å². The van der Waals surface area contributed by atoms with Gasteiger partial charge >= 0.3 is 0 Å². The standard InChI is InChI=1S/C22H24O6/c1-22-25-14-17-18(23-12-15-8-4-2-5-9-15)19(20(27-22)21(26-17)28-22)24-13-16-10-6-3-7-11-16/h2-11,17-21H,12-14H2,1H3/t17-,18-,19+,20+,21+,22-/m1/s1. The van der Waals surface area contributed by atoms with Crippen LogP contribution in [-0.4, -0.2) is 43.3 Å². The van der Waals surface area contributed by atoms with Gasteiger partial charge in [-0.25, -0.2) is 0 Å². The van der Waals surface area contributed by atoms with Crippen molar-refractivity contribution < 1.29 is 28.4 Å². The molecule has 3 aliphatic rings. The third-order valence-corrected chi connectivity index (χ3v) is 5.35. The van der Waals surface area contributed by atoms with Gasteiger partial charge in [-0.1, -0.05) is 60.7 Å². The quantitative estimate of drug-likeness (QED) is 0.763. The van der Waals surface area contributed by atoms with E-state index in [1.54, 1.807) is 6.92 Å². The lowest BCUT2D eigenvalue weighted by Gasteiger charge is -2.43. The molecule has 3 heterocycles. The summed E-state index contributed by atoms with van der Waals surface area (Å²) in [6.07, 6.45) is -1.85. The Morgan fingerprint density at radius 2 is 1.46 bits per heavy atom. The Bertz CT molecular complexity index is 784. The molecule has 28 heavy (non-hydrogen) atoms. The minimum atomic E-state index is -1.09. The van der Waals surface area contributed by atoms with Crippen LogP contribution in [0.2, 0.25) is 0 Å². The predicted molar refractivity (Wildman–Crippen MR) is 99.0 cm³/mol. The van der Waals surface area contributed by atoms with Gasteiger partial charge in [-0.05, 0) is 11.1 Å². The summed E-state index contributed by atoms with van der Waals surface area (Å²) in [6.45, 7) is 3.02. The summed E-state index contributed by atoms with van der Waals surface area (Å²) < 4.78 is 36.3. The molecule has 0 aliphatic carbocycles. The molecule has 6 atom stereocenters. The first-order valence-electron chi connectivity index (χ1n) is 9.66. The molecule has 6 nitrogen and oxygen atoms in total. The van der Waals surface area contributed by atoms with Gasteiger partial charge in [-0.3, -0.25) is 4.74 Å². The van der Waals surface area contributed by atoms with E-state index < -0.39 is 18.4 Å². The SMILES string of the molecule is C[C@]12OC[C@H]3O[C@@H](O1)[C@@H](O2)[C@@H](OCc1ccccc1)[C@@H]3OCc1ccccc1. The Morgan fingerprint density at radius 1 is 0.857 bits per heavy atom. The molecule has 3 aliphatic heterocycles. The number of rotatable bonds is 6. The molecule has 6 heteroatoms. The molecule has 0 amide bonds. The van der Waals surface area contributed by atoms with Gasteiger partial charge in [0.25, 0.3) is 5.97 Å². The lowest BCUT2D eigenvalue weighted by atomic mass is 9.98. The van der Waals surface area contributed by atoms with Gasteiger partial charge in [0.2, 0.25) is 0 Å². The van der Waals surface area contributed by atoms with E-state index in [1.165, 1.54) is 0 Å². The Labute approximate surface area is 164 Å². The number of hydrogen-bond donors (Lipinski definition) is 0. The van der Waals surface area contributed by atoms with Crippen LogP contribution in [-0.2, 0) is 41.6 Å². The second-order valence-electron chi connectivity index (χ2n) is 7.44. The van der Waals surface area contributed by atoms with Crippen LogP contribution < -0.4 is 0 Å². The van der Waals surface area contributed by atoms with Gasteiger partial charge in [0.05, 0.1) is 19.8 Å². The highest BCUT2D eigenvalue weighted by molar-refractivity contribution is 5.15. The number of fused-ring (bicyclic) bond motifs is 2. The summed E-state index contributed by atoms with van der Waals surface area (Å²) in [5.74, 6) is -1.09. The van der Waals surface area contributed by atoms with E-state index in [1.807, 2.05) is 60.7 Å². The maximum Gasteiger partial charge on any atom is 0.282 e. The zero-order valence-corrected chi connectivity index (χ0v) is 15.7. The predicted octanol–water partition coefficient (Wildman–Crippen LogP) is 3.00. The largest absolute Gasteiger partial charge is 0.368 e. The van der Waals surface area contributed by atoms with Crippen molar-refractivity contribution in [3.05, 3.63) is 71.8 Å². The monoisotopic (exact) mass is 384 g/mol. The number of hydrogen-bond acceptors (Lipinski definition) is 6. The van der Waals surface area contributed by atoms with E-state index in [9.17, 15) is 0 Å². The zero-order chi connectivity index (χ0) is 19.0. The molecule has 0 unspecified atom stereocenters. The van der Waals surface area contributed by atoms with Crippen molar-refractivity contribution in [2.45, 2.75) is 56.8 Å². The van der Waals surface area contributed by atoms with E-state index in [0.29, 0.717) is 19.8 Å². The van der Waals surface area contributed by atoms with Crippen LogP contribution in [0.15, 0.2) is 60.7 Å². The minimum absolute atomic E-state index is 0.281. The maximum absolute atomic E-state index is 6.32. The second-order valence-corrected chi connectivity index (χ2v) is 7.44. The number of benzene rings is 2. The second kappa shape index (κ2) is 7.55. The van der Waals surface area contributed by atoms with Gasteiger partial charge in [-0.2, -0.15) is 0 Å². The summed E-state index contributed by atoms with van der Waals surface area (Å²) in [6, 6.07) is 20.1. The third-order valence-electron chi connectivity index (χ3n) is 5.35. The van der Waals surface area contributed by atoms with Crippen molar-refractivity contribution in [3.8, 4) is 0 Å². The van der Waals surface area contributed by atoms with E-state index in [4.69, 9.17) is 28.4 Å². The average molecular weight is 384 g/mol. The van der Waals surface area contributed by atoms with Gasteiger partial charge in [0.1, 0.15) is 24.4 Å². The molecule has 0 aromatic heterocycles. The fraction of sp³-hybridized carbons (Fsp3) is 0.455. The summed E-state index contributed by atoms with van der Waals surface area (Å²) in [5, 5.41) is 0. The molecule has 3 saturated heterocycles. The molecule has 0 N–H and O–H groups in total. The van der Waals surface area contributed by atoms with Crippen LogP contribution in [0.5, 0.6) is 0 Å². The maximum atomic E-state index is 6.32. The Kier molecular flexibility index (Phi) is 4.92. The first kappa shape index (κ1) is 18.2. The molecule has 3 fully saturated rings. The summed E-state index contributed by atoms with van der Waals surface area (Å²) in [5.41, 5.74) is 2.19. The van der Waals surface area contributed by atoms with Crippen molar-refractivity contribution in [2.24, 2.45) is 0 Å². The van der Waals surface area contributed by atoms with Crippen LogP contribution in [0.25, 0.3) is 0 Å². The van der Waals surface area contributed by atoms with Gasteiger partial charge < -0.3 is 23.7 Å². The molecule has 2 aromatic rings. The highest BCUT2D eigenvalue weighted by Crippen LogP contribution is 2.42. The molecular weight excluding hydrogens is 360 g/mol. The first-order valence-corrected chi connectivity index (χ1v) is 9.66. The minimum Gasteiger partial charge on any atom is -0.368 e. The highest BCUT2D eigenvalue weighted by Gasteiger charge is 2.60. The van der Waals surface area contributed by atoms with Crippen LogP contribution in [0.4, 0.5) is 0 Å². The molecule has 0 saturated carbocycles. The Hall–Kier alpha value is -1.80. The molecule has 0 radical (unpaired) electrons. The summed E-state index contributed by atoms with van der Waals surface area (Å²) >= 11 is 0. The topological polar surface area (TPSA) is 55.4 Å². The first-order chi connectivity index (χ1) is 13.7. The van der Waals surface area contributed by atoms with E-state index in [2.05, 4.69) is 0 Å². The molecule has 3 bridgehead atoms. The van der Waals surface area contributed by atoms with Crippen molar-refractivity contribution in [2.75, 3.05) is 6.61 Å². The third kappa shape index (κ3) is 3.59. The van der Waals surface area contributed by atoms with Crippen molar-refractivity contribution in [3.63, 3.8) is 0 Å². The van der Waals surface area contributed by atoms with Crippen molar-refractivity contribution in [1.82, 2.24) is 0 Å². The Morgan fingerprint density at radius 3 is 2.11 bits per heavy atom. The van der Waals surface area contributed by atoms with Crippen LogP contribution in [0, 0.1) is 0 Å².